The second-order valence-corrected chi connectivity index (χ2v) is 24.7. The van der Waals surface area contributed by atoms with Gasteiger partial charge in [-0.1, -0.05) is 12.2 Å². The highest BCUT2D eigenvalue weighted by atomic mass is 16.8. The highest BCUT2D eigenvalue weighted by Crippen LogP contribution is 2.45. The van der Waals surface area contributed by atoms with Crippen molar-refractivity contribution in [1.82, 2.24) is 0 Å². The van der Waals surface area contributed by atoms with Gasteiger partial charge in [-0.25, -0.2) is 9.59 Å². The van der Waals surface area contributed by atoms with Gasteiger partial charge in [0.15, 0.2) is 43.5 Å². The number of esters is 2. The van der Waals surface area contributed by atoms with E-state index in [9.17, 15) is 96.4 Å². The minimum atomic E-state index is -2.02. The third kappa shape index (κ3) is 16.0. The first-order valence-corrected chi connectivity index (χ1v) is 30.1. The third-order valence-electron chi connectivity index (χ3n) is 18.7. The summed E-state index contributed by atoms with van der Waals surface area (Å²) in [6.45, 7) is -2.63. The van der Waals surface area contributed by atoms with Crippen LogP contribution in [0.25, 0.3) is 0 Å². The normalized spacial score (nSPS) is 49.7. The van der Waals surface area contributed by atoms with Crippen LogP contribution in [0.5, 0.6) is 0 Å². The van der Waals surface area contributed by atoms with E-state index in [0.717, 1.165) is 6.08 Å². The van der Waals surface area contributed by atoms with Crippen molar-refractivity contribution in [3.63, 3.8) is 0 Å². The summed E-state index contributed by atoms with van der Waals surface area (Å²) in [5, 5.41) is 181. The lowest BCUT2D eigenvalue weighted by Crippen LogP contribution is -2.66. The Morgan fingerprint density at radius 1 is 0.465 bits per heavy atom. The van der Waals surface area contributed by atoms with Crippen LogP contribution in [0.15, 0.2) is 24.3 Å². The molecule has 0 bridgehead atoms. The number of carbonyl (C=O) groups is 2. The summed E-state index contributed by atoms with van der Waals surface area (Å²) in [6, 6.07) is 0. The molecule has 9 rings (SSSR count). The van der Waals surface area contributed by atoms with Gasteiger partial charge in [-0.15, -0.1) is 0 Å². The molecule has 4 saturated carbocycles. The zero-order chi connectivity index (χ0) is 61.8. The third-order valence-corrected chi connectivity index (χ3v) is 18.7. The van der Waals surface area contributed by atoms with Gasteiger partial charge in [0.1, 0.15) is 98.2 Å². The Morgan fingerprint density at radius 3 is 1.67 bits per heavy atom. The van der Waals surface area contributed by atoms with Crippen molar-refractivity contribution >= 4 is 11.9 Å². The predicted octanol–water partition coefficient (Wildman–Crippen LogP) is -7.11. The van der Waals surface area contributed by atoms with E-state index in [1.165, 1.54) is 12.2 Å². The van der Waals surface area contributed by atoms with Crippen molar-refractivity contribution in [2.75, 3.05) is 26.4 Å². The molecule has 18 N–H and O–H groups in total. The first kappa shape index (κ1) is 67.8. The summed E-state index contributed by atoms with van der Waals surface area (Å²) < 4.78 is 65.1. The summed E-state index contributed by atoms with van der Waals surface area (Å²) in [5.41, 5.74) is 0. The highest BCUT2D eigenvalue weighted by Gasteiger charge is 2.58. The fourth-order valence-electron chi connectivity index (χ4n) is 13.6. The highest BCUT2D eigenvalue weighted by molar-refractivity contribution is 5.82. The van der Waals surface area contributed by atoms with Crippen LogP contribution in [0.4, 0.5) is 0 Å². The summed E-state index contributed by atoms with van der Waals surface area (Å²) >= 11 is 0. The molecule has 31 atom stereocenters. The number of ether oxygens (including phenoxy) is 11. The number of rotatable bonds is 18. The van der Waals surface area contributed by atoms with Gasteiger partial charge in [0.2, 0.25) is 0 Å². The minimum absolute atomic E-state index is 0.00531. The van der Waals surface area contributed by atoms with E-state index < -0.39 is 228 Å². The molecular formula is C56H89O30+. The Kier molecular flexibility index (Phi) is 23.8. The molecule has 0 aromatic heterocycles. The Hall–Kier alpha value is -2.62. The molecule has 0 aromatic rings. The molecule has 86 heavy (non-hydrogen) atoms. The topological polar surface area (TPSA) is 483 Å². The summed E-state index contributed by atoms with van der Waals surface area (Å²) in [4.78, 5) is 26.8. The second kappa shape index (κ2) is 30.2. The molecule has 0 radical (unpaired) electrons. The molecule has 0 amide bonds. The number of aliphatic hydroxyl groups is 19. The monoisotopic (exact) mass is 1240 g/mol. The average molecular weight is 1240 g/mol. The summed E-state index contributed by atoms with van der Waals surface area (Å²) in [7, 11) is 0. The van der Waals surface area contributed by atoms with E-state index >= 15 is 0 Å². The van der Waals surface area contributed by atoms with Crippen LogP contribution < -0.4 is 0 Å². The fourth-order valence-corrected chi connectivity index (χ4v) is 13.6. The maximum Gasteiger partial charge on any atom is 0.330 e. The number of carbonyl (C=O) groups excluding carboxylic acids is 2. The van der Waals surface area contributed by atoms with Crippen LogP contribution in [0.2, 0.25) is 0 Å². The first-order valence-electron chi connectivity index (χ1n) is 30.1. The van der Waals surface area contributed by atoms with Crippen LogP contribution in [0.3, 0.4) is 0 Å². The summed E-state index contributed by atoms with van der Waals surface area (Å²) in [5.74, 6) is -3.55. The molecule has 9 aliphatic rings. The minimum Gasteiger partial charge on any atom is -0.460 e. The van der Waals surface area contributed by atoms with Crippen molar-refractivity contribution < 1.29 is 149 Å². The van der Waals surface area contributed by atoms with E-state index in [0.29, 0.717) is 38.5 Å². The van der Waals surface area contributed by atoms with Crippen LogP contribution in [-0.2, 0) is 57.0 Å². The molecule has 492 valence electrons. The molecule has 30 heteroatoms. The molecule has 0 aromatic carbocycles. The number of hydrogen-bond acceptors (Lipinski definition) is 29. The Bertz CT molecular complexity index is 2200. The predicted molar refractivity (Wildman–Crippen MR) is 282 cm³/mol. The number of allylic oxidation sites excluding steroid dienone is 2. The van der Waals surface area contributed by atoms with Gasteiger partial charge in [-0.3, -0.25) is 0 Å². The lowest BCUT2D eigenvalue weighted by Gasteiger charge is -2.50. The Balaban J connectivity index is 0.935. The largest absolute Gasteiger partial charge is 0.460 e. The molecule has 0 spiro atoms. The van der Waals surface area contributed by atoms with E-state index in [1.54, 1.807) is 6.08 Å². The summed E-state index contributed by atoms with van der Waals surface area (Å²) in [6.07, 6.45) is -32.2. The van der Waals surface area contributed by atoms with Gasteiger partial charge in [0.25, 0.3) is 0 Å². The quantitative estimate of drug-likeness (QED) is 0.0344. The van der Waals surface area contributed by atoms with E-state index in [-0.39, 0.29) is 56.8 Å². The molecule has 4 aliphatic carbocycles. The maximum absolute atomic E-state index is 13.4. The lowest BCUT2D eigenvalue weighted by molar-refractivity contribution is -0.385. The zero-order valence-electron chi connectivity index (χ0n) is 47.3. The fraction of sp³-hybridized carbons (Fsp3) is 0.893. The van der Waals surface area contributed by atoms with E-state index in [1.807, 2.05) is 0 Å². The maximum atomic E-state index is 13.4. The number of hydrogen-bond donors (Lipinski definition) is 17. The average Bonchev–Trinajstić information content (AvgIpc) is 1.38. The van der Waals surface area contributed by atoms with Crippen LogP contribution in [-0.4, -0.2) is 308 Å². The zero-order valence-corrected chi connectivity index (χ0v) is 47.3. The van der Waals surface area contributed by atoms with Crippen molar-refractivity contribution in [3.05, 3.63) is 24.3 Å². The molecule has 5 heterocycles. The van der Waals surface area contributed by atoms with Gasteiger partial charge >= 0.3 is 11.9 Å². The molecule has 31 unspecified atom stereocenters. The molecule has 30 nitrogen and oxygen atoms in total. The smallest absolute Gasteiger partial charge is 0.330 e. The molecule has 9 fully saturated rings. The van der Waals surface area contributed by atoms with Crippen molar-refractivity contribution in [1.29, 1.82) is 0 Å². The Labute approximate surface area is 494 Å². The van der Waals surface area contributed by atoms with Crippen LogP contribution in [0.1, 0.15) is 83.5 Å². The van der Waals surface area contributed by atoms with Gasteiger partial charge in [0.05, 0.1) is 68.5 Å². The molecule has 5 saturated heterocycles. The van der Waals surface area contributed by atoms with Gasteiger partial charge in [-0.2, -0.15) is 0 Å². The number of aliphatic hydroxyl groups excluding tert-OH is 17. The second-order valence-electron chi connectivity index (χ2n) is 24.7. The first-order chi connectivity index (χ1) is 41.0. The number of fused-ring (bicyclic) bond motifs is 1. The van der Waals surface area contributed by atoms with Crippen molar-refractivity contribution in [2.45, 2.75) is 261 Å². The Morgan fingerprint density at radius 2 is 1.03 bits per heavy atom. The van der Waals surface area contributed by atoms with Crippen molar-refractivity contribution in [2.24, 2.45) is 23.7 Å². The van der Waals surface area contributed by atoms with E-state index in [2.05, 4.69) is 0 Å². The van der Waals surface area contributed by atoms with Crippen LogP contribution in [0, 0.1) is 23.7 Å². The van der Waals surface area contributed by atoms with Gasteiger partial charge in [-0.05, 0) is 82.5 Å². The molecular weight excluding hydrogens is 1150 g/mol. The van der Waals surface area contributed by atoms with E-state index in [4.69, 9.17) is 52.1 Å². The standard InChI is InChI=1S/C56H88O30/c57-18-36-42(68)45(71)48(74)53(82-36)78-26-7-1-22(2-8-26)4-11-39(65)76-21-38-44(70)47(73)52(86-55-51(41(67)32(64)20-77-55)85-40(66)12-5-23-3-9-28(60)30(62)13-23)56(84-38)81-35-17-27-33(79-50(35)24-6-10-29(61)31(63)14-24)15-25(59)16-34(27)80-54-49(75)46(72)43(69)37(19-58)83-54/h4-5,11-12,22-38,41-64,67-75H,1-3,6-10,13-21H2/p+1. The van der Waals surface area contributed by atoms with Gasteiger partial charge in [0, 0.05) is 30.9 Å². The van der Waals surface area contributed by atoms with Crippen molar-refractivity contribution in [3.8, 4) is 0 Å². The van der Waals surface area contributed by atoms with Crippen LogP contribution >= 0.6 is 0 Å². The van der Waals surface area contributed by atoms with Gasteiger partial charge < -0.3 is 139 Å². The SMILES string of the molecule is O=C(C=CC1CCC(OC2OC(CO)C(O)C(O)C2O)CC1)OCC1OC(OC2CC3C(OC4OC(CO)C(O)C(O)C4O)CC(O)CC3[OH+]C2C2CCC(O)C(O)C2)C(OC2OCC(O)C(O)C2OC(=O)C=CC2CCC(O)C(O)C2)C(O)C1O. The lowest BCUT2D eigenvalue weighted by atomic mass is 9.72. The molecule has 5 aliphatic heterocycles.